The summed E-state index contributed by atoms with van der Waals surface area (Å²) in [5.41, 5.74) is 5.57. The maximum atomic E-state index is 6.20. The summed E-state index contributed by atoms with van der Waals surface area (Å²) in [7, 11) is 0. The van der Waals surface area contributed by atoms with E-state index in [2.05, 4.69) is 38.2 Å². The van der Waals surface area contributed by atoms with E-state index in [1.807, 2.05) is 41.8 Å². The van der Waals surface area contributed by atoms with Crippen LogP contribution in [0.1, 0.15) is 32.2 Å². The number of aryl methyl sites for hydroxylation is 1. The predicted octanol–water partition coefficient (Wildman–Crippen LogP) is 7.05. The van der Waals surface area contributed by atoms with Crippen LogP contribution in [0.3, 0.4) is 0 Å². The van der Waals surface area contributed by atoms with Gasteiger partial charge in [0.1, 0.15) is 5.82 Å². The highest BCUT2D eigenvalue weighted by Gasteiger charge is 2.22. The van der Waals surface area contributed by atoms with Crippen LogP contribution in [0, 0.1) is 6.92 Å². The van der Waals surface area contributed by atoms with E-state index in [1.165, 1.54) is 0 Å². The minimum absolute atomic E-state index is 0.123. The molecule has 4 rings (SSSR count). The molecule has 0 bridgehead atoms. The number of anilines is 2. The molecule has 1 N–H and O–H groups in total. The Morgan fingerprint density at radius 1 is 0.931 bits per heavy atom. The molecular formula is C23H22Cl2N4. The summed E-state index contributed by atoms with van der Waals surface area (Å²) in [6.45, 7) is 8.47. The number of nitrogens with one attached hydrogen (secondary N) is 1. The summed E-state index contributed by atoms with van der Waals surface area (Å²) >= 11 is 12.3. The van der Waals surface area contributed by atoms with Crippen LogP contribution in [-0.4, -0.2) is 14.6 Å². The first-order valence-corrected chi connectivity index (χ1v) is 10.2. The Balaban J connectivity index is 1.95. The van der Waals surface area contributed by atoms with E-state index in [0.717, 1.165) is 39.7 Å². The van der Waals surface area contributed by atoms with Crippen LogP contribution < -0.4 is 5.32 Å². The molecule has 0 fully saturated rings. The molecule has 0 aliphatic heterocycles. The summed E-state index contributed by atoms with van der Waals surface area (Å²) in [5.74, 6) is 0.823. The number of rotatable bonds is 3. The molecule has 29 heavy (non-hydrogen) atoms. The summed E-state index contributed by atoms with van der Waals surface area (Å²) < 4.78 is 1.86. The van der Waals surface area contributed by atoms with E-state index in [0.29, 0.717) is 10.0 Å². The molecule has 0 saturated carbocycles. The zero-order valence-electron chi connectivity index (χ0n) is 16.8. The Morgan fingerprint density at radius 3 is 2.31 bits per heavy atom. The van der Waals surface area contributed by atoms with E-state index < -0.39 is 0 Å². The Kier molecular flexibility index (Phi) is 5.01. The summed E-state index contributed by atoms with van der Waals surface area (Å²) in [6, 6.07) is 17.8. The number of halogens is 2. The SMILES string of the molecule is Cc1nn2c(Nc3ccc(Cl)c(Cl)c3)cc(C(C)(C)C)nc2c1-c1ccccc1. The van der Waals surface area contributed by atoms with Crippen LogP contribution in [0.5, 0.6) is 0 Å². The highest BCUT2D eigenvalue weighted by molar-refractivity contribution is 6.42. The number of benzene rings is 2. The van der Waals surface area contributed by atoms with Crippen molar-refractivity contribution in [3.63, 3.8) is 0 Å². The molecule has 0 atom stereocenters. The van der Waals surface area contributed by atoms with Gasteiger partial charge in [-0.1, -0.05) is 74.3 Å². The lowest BCUT2D eigenvalue weighted by atomic mass is 9.92. The van der Waals surface area contributed by atoms with Crippen molar-refractivity contribution in [2.75, 3.05) is 5.32 Å². The second kappa shape index (κ2) is 7.36. The number of fused-ring (bicyclic) bond motifs is 1. The van der Waals surface area contributed by atoms with Gasteiger partial charge in [0.15, 0.2) is 5.65 Å². The molecule has 4 aromatic rings. The quantitative estimate of drug-likeness (QED) is 0.382. The lowest BCUT2D eigenvalue weighted by molar-refractivity contribution is 0.569. The van der Waals surface area contributed by atoms with Crippen molar-refractivity contribution in [3.05, 3.63) is 76.0 Å². The van der Waals surface area contributed by atoms with Gasteiger partial charge in [-0.05, 0) is 30.7 Å². The average Bonchev–Trinajstić information content (AvgIpc) is 3.01. The van der Waals surface area contributed by atoms with Crippen molar-refractivity contribution in [1.29, 1.82) is 0 Å². The smallest absolute Gasteiger partial charge is 0.165 e. The maximum Gasteiger partial charge on any atom is 0.165 e. The van der Waals surface area contributed by atoms with Crippen molar-refractivity contribution in [3.8, 4) is 11.1 Å². The molecule has 0 unspecified atom stereocenters. The van der Waals surface area contributed by atoms with Crippen LogP contribution in [0.15, 0.2) is 54.6 Å². The Labute approximate surface area is 180 Å². The molecule has 0 aliphatic carbocycles. The monoisotopic (exact) mass is 424 g/mol. The number of aromatic nitrogens is 3. The zero-order valence-corrected chi connectivity index (χ0v) is 18.3. The van der Waals surface area contributed by atoms with Gasteiger partial charge in [0.25, 0.3) is 0 Å². The lowest BCUT2D eigenvalue weighted by Gasteiger charge is -2.20. The van der Waals surface area contributed by atoms with Gasteiger partial charge in [-0.25, -0.2) is 4.98 Å². The molecule has 0 aliphatic rings. The van der Waals surface area contributed by atoms with Crippen LogP contribution in [0.4, 0.5) is 11.5 Å². The first-order valence-electron chi connectivity index (χ1n) is 9.42. The minimum Gasteiger partial charge on any atom is -0.340 e. The van der Waals surface area contributed by atoms with Crippen molar-refractivity contribution in [2.24, 2.45) is 0 Å². The van der Waals surface area contributed by atoms with Crippen LogP contribution in [0.25, 0.3) is 16.8 Å². The largest absolute Gasteiger partial charge is 0.340 e. The second-order valence-electron chi connectivity index (χ2n) is 8.09. The maximum absolute atomic E-state index is 6.20. The fourth-order valence-corrected chi connectivity index (χ4v) is 3.56. The average molecular weight is 425 g/mol. The highest BCUT2D eigenvalue weighted by atomic mass is 35.5. The number of hydrogen-bond donors (Lipinski definition) is 1. The Morgan fingerprint density at radius 2 is 1.66 bits per heavy atom. The predicted molar refractivity (Wildman–Crippen MR) is 122 cm³/mol. The standard InChI is InChI=1S/C23H22Cl2N4/c1-14-21(15-8-6-5-7-9-15)22-27-19(23(2,3)4)13-20(29(22)28-14)26-16-10-11-17(24)18(25)12-16/h5-13,26H,1-4H3. The van der Waals surface area contributed by atoms with E-state index >= 15 is 0 Å². The van der Waals surface area contributed by atoms with Crippen molar-refractivity contribution >= 4 is 40.4 Å². The van der Waals surface area contributed by atoms with Crippen molar-refractivity contribution in [1.82, 2.24) is 14.6 Å². The van der Waals surface area contributed by atoms with Crippen molar-refractivity contribution < 1.29 is 0 Å². The third-order valence-electron chi connectivity index (χ3n) is 4.79. The fourth-order valence-electron chi connectivity index (χ4n) is 3.26. The highest BCUT2D eigenvalue weighted by Crippen LogP contribution is 2.33. The molecule has 2 aromatic carbocycles. The van der Waals surface area contributed by atoms with E-state index in [-0.39, 0.29) is 5.41 Å². The van der Waals surface area contributed by atoms with Gasteiger partial charge in [-0.2, -0.15) is 9.61 Å². The summed E-state index contributed by atoms with van der Waals surface area (Å²) in [6.07, 6.45) is 0. The fraction of sp³-hybridized carbons (Fsp3) is 0.217. The van der Waals surface area contributed by atoms with Gasteiger partial charge in [-0.3, -0.25) is 0 Å². The van der Waals surface area contributed by atoms with Crippen molar-refractivity contribution in [2.45, 2.75) is 33.1 Å². The van der Waals surface area contributed by atoms with Gasteiger partial charge in [0.2, 0.25) is 0 Å². The van der Waals surface area contributed by atoms with Gasteiger partial charge in [-0.15, -0.1) is 0 Å². The second-order valence-corrected chi connectivity index (χ2v) is 8.91. The van der Waals surface area contributed by atoms with Crippen LogP contribution in [-0.2, 0) is 5.41 Å². The first-order chi connectivity index (χ1) is 13.7. The van der Waals surface area contributed by atoms with E-state index in [1.54, 1.807) is 12.1 Å². The molecule has 0 amide bonds. The minimum atomic E-state index is -0.123. The molecule has 0 saturated heterocycles. The molecular weight excluding hydrogens is 403 g/mol. The topological polar surface area (TPSA) is 42.2 Å². The van der Waals surface area contributed by atoms with Gasteiger partial charge in [0.05, 0.1) is 21.4 Å². The summed E-state index contributed by atoms with van der Waals surface area (Å²) in [5, 5.41) is 9.24. The van der Waals surface area contributed by atoms with E-state index in [9.17, 15) is 0 Å². The zero-order chi connectivity index (χ0) is 20.8. The molecule has 4 nitrogen and oxygen atoms in total. The van der Waals surface area contributed by atoms with Gasteiger partial charge < -0.3 is 5.32 Å². The summed E-state index contributed by atoms with van der Waals surface area (Å²) in [4.78, 5) is 4.99. The normalized spacial score (nSPS) is 11.8. The third-order valence-corrected chi connectivity index (χ3v) is 5.53. The molecule has 0 spiro atoms. The number of hydrogen-bond acceptors (Lipinski definition) is 3. The van der Waals surface area contributed by atoms with E-state index in [4.69, 9.17) is 33.3 Å². The Bertz CT molecular complexity index is 1190. The number of nitrogens with zero attached hydrogens (tertiary/aromatic N) is 3. The molecule has 2 heterocycles. The molecule has 148 valence electrons. The third kappa shape index (κ3) is 3.83. The Hall–Kier alpha value is -2.56. The van der Waals surface area contributed by atoms with Crippen LogP contribution in [0.2, 0.25) is 10.0 Å². The first kappa shape index (κ1) is 19.7. The molecule has 6 heteroatoms. The lowest BCUT2D eigenvalue weighted by Crippen LogP contribution is -2.16. The van der Waals surface area contributed by atoms with Crippen LogP contribution >= 0.6 is 23.2 Å². The van der Waals surface area contributed by atoms with Gasteiger partial charge >= 0.3 is 0 Å². The molecule has 2 aromatic heterocycles. The molecule has 0 radical (unpaired) electrons. The van der Waals surface area contributed by atoms with Gasteiger partial charge in [0, 0.05) is 22.7 Å².